The van der Waals surface area contributed by atoms with Crippen molar-refractivity contribution in [3.8, 4) is 0 Å². The number of hydrogen-bond donors (Lipinski definition) is 0. The van der Waals surface area contributed by atoms with Crippen LogP contribution in [0.2, 0.25) is 0 Å². The topological polar surface area (TPSA) is 86.0 Å². The van der Waals surface area contributed by atoms with Crippen molar-refractivity contribution in [1.82, 2.24) is 4.90 Å². The summed E-state index contributed by atoms with van der Waals surface area (Å²) in [5, 5.41) is 0.886. The predicted molar refractivity (Wildman–Crippen MR) is 106 cm³/mol. The highest BCUT2D eigenvalue weighted by Crippen LogP contribution is 2.25. The van der Waals surface area contributed by atoms with E-state index >= 15 is 0 Å². The smallest absolute Gasteiger partial charge is 0.310 e. The van der Waals surface area contributed by atoms with Gasteiger partial charge in [-0.05, 0) is 56.9 Å². The molecule has 1 fully saturated rings. The molecule has 0 radical (unpaired) electrons. The normalized spacial score (nSPS) is 14.8. The van der Waals surface area contributed by atoms with E-state index in [0.717, 1.165) is 27.7 Å². The van der Waals surface area contributed by atoms with Crippen LogP contribution >= 0.6 is 0 Å². The van der Waals surface area contributed by atoms with Crippen LogP contribution in [-0.4, -0.2) is 49.0 Å². The van der Waals surface area contributed by atoms with Crippen LogP contribution in [0.5, 0.6) is 0 Å². The van der Waals surface area contributed by atoms with Crippen LogP contribution in [0.3, 0.4) is 0 Å². The van der Waals surface area contributed by atoms with Gasteiger partial charge in [0, 0.05) is 24.0 Å². The van der Waals surface area contributed by atoms with Crippen LogP contribution in [0.1, 0.15) is 36.5 Å². The Kier molecular flexibility index (Phi) is 6.56. The van der Waals surface area contributed by atoms with Crippen LogP contribution < -0.4 is 0 Å². The summed E-state index contributed by atoms with van der Waals surface area (Å²) in [7, 11) is 0. The summed E-state index contributed by atoms with van der Waals surface area (Å²) in [5.74, 6) is -1.09. The molecule has 1 aliphatic heterocycles. The number of fused-ring (bicyclic) bond motifs is 1. The van der Waals surface area contributed by atoms with Crippen LogP contribution in [-0.2, 0) is 30.3 Å². The number of piperidine rings is 1. The summed E-state index contributed by atoms with van der Waals surface area (Å²) in [6.45, 7) is 6.78. The fraction of sp³-hybridized carbons (Fsp3) is 0.500. The molecule has 0 atom stereocenters. The zero-order valence-corrected chi connectivity index (χ0v) is 17.2. The van der Waals surface area contributed by atoms with Crippen LogP contribution in [0.25, 0.3) is 11.0 Å². The Morgan fingerprint density at radius 2 is 1.79 bits per heavy atom. The van der Waals surface area contributed by atoms with E-state index in [0.29, 0.717) is 32.5 Å². The van der Waals surface area contributed by atoms with Gasteiger partial charge < -0.3 is 18.8 Å². The van der Waals surface area contributed by atoms with E-state index in [1.54, 1.807) is 18.1 Å². The third-order valence-corrected chi connectivity index (χ3v) is 5.43. The number of furan rings is 1. The second kappa shape index (κ2) is 9.11. The summed E-state index contributed by atoms with van der Waals surface area (Å²) in [6.07, 6.45) is 2.75. The average Bonchev–Trinajstić information content (AvgIpc) is 3.08. The number of aryl methyl sites for hydroxylation is 2. The molecule has 0 aliphatic carbocycles. The Labute approximate surface area is 169 Å². The molecule has 0 saturated carbocycles. The molecule has 156 valence electrons. The van der Waals surface area contributed by atoms with E-state index in [9.17, 15) is 14.4 Å². The van der Waals surface area contributed by atoms with E-state index in [1.807, 2.05) is 26.0 Å². The van der Waals surface area contributed by atoms with Crippen molar-refractivity contribution in [2.24, 2.45) is 5.92 Å². The molecule has 3 rings (SSSR count). The standard InChI is InChI=1S/C22H27NO6/c1-4-27-22(26)16-5-7-23(8-6-16)20(24)13-29-21(25)11-17-12-28-19-10-15(3)14(2)9-18(17)19/h9-10,12,16H,4-8,11,13H2,1-3H3. The molecule has 0 bridgehead atoms. The highest BCUT2D eigenvalue weighted by atomic mass is 16.5. The lowest BCUT2D eigenvalue weighted by molar-refractivity contribution is -0.154. The van der Waals surface area contributed by atoms with Crippen molar-refractivity contribution < 1.29 is 28.3 Å². The fourth-order valence-corrected chi connectivity index (χ4v) is 3.54. The molecular formula is C22H27NO6. The lowest BCUT2D eigenvalue weighted by Crippen LogP contribution is -2.42. The van der Waals surface area contributed by atoms with Crippen molar-refractivity contribution in [2.75, 3.05) is 26.3 Å². The third kappa shape index (κ3) is 4.96. The summed E-state index contributed by atoms with van der Waals surface area (Å²) < 4.78 is 15.7. The van der Waals surface area contributed by atoms with Crippen LogP contribution in [0.4, 0.5) is 0 Å². The van der Waals surface area contributed by atoms with Crippen LogP contribution in [0, 0.1) is 19.8 Å². The molecule has 0 spiro atoms. The molecule has 0 N–H and O–H groups in total. The van der Waals surface area contributed by atoms with Gasteiger partial charge in [0.15, 0.2) is 6.61 Å². The number of rotatable bonds is 6. The largest absolute Gasteiger partial charge is 0.466 e. The number of carbonyl (C=O) groups excluding carboxylic acids is 3. The van der Waals surface area contributed by atoms with Gasteiger partial charge in [0.05, 0.1) is 25.2 Å². The summed E-state index contributed by atoms with van der Waals surface area (Å²) in [6, 6.07) is 3.94. The SMILES string of the molecule is CCOC(=O)C1CCN(C(=O)COC(=O)Cc2coc3cc(C)c(C)cc23)CC1. The molecule has 1 aromatic heterocycles. The number of likely N-dealkylation sites (tertiary alicyclic amines) is 1. The predicted octanol–water partition coefficient (Wildman–Crippen LogP) is 2.94. The van der Waals surface area contributed by atoms with Gasteiger partial charge in [-0.15, -0.1) is 0 Å². The summed E-state index contributed by atoms with van der Waals surface area (Å²) >= 11 is 0. The second-order valence-electron chi connectivity index (χ2n) is 7.44. The van der Waals surface area contributed by atoms with Crippen molar-refractivity contribution in [3.63, 3.8) is 0 Å². The zero-order chi connectivity index (χ0) is 21.0. The lowest BCUT2D eigenvalue weighted by atomic mass is 9.97. The number of benzene rings is 1. The van der Waals surface area contributed by atoms with Crippen molar-refractivity contribution in [2.45, 2.75) is 40.0 Å². The second-order valence-corrected chi connectivity index (χ2v) is 7.44. The monoisotopic (exact) mass is 401 g/mol. The van der Waals surface area contributed by atoms with Gasteiger partial charge in [0.25, 0.3) is 5.91 Å². The van der Waals surface area contributed by atoms with Crippen molar-refractivity contribution >= 4 is 28.8 Å². The van der Waals surface area contributed by atoms with Gasteiger partial charge in [0.1, 0.15) is 5.58 Å². The molecule has 0 unspecified atom stereocenters. The highest BCUT2D eigenvalue weighted by molar-refractivity contribution is 5.88. The van der Waals surface area contributed by atoms with E-state index < -0.39 is 5.97 Å². The summed E-state index contributed by atoms with van der Waals surface area (Å²) in [4.78, 5) is 37.9. The van der Waals surface area contributed by atoms with Crippen molar-refractivity contribution in [1.29, 1.82) is 0 Å². The number of amides is 1. The maximum atomic E-state index is 12.3. The average molecular weight is 401 g/mol. The van der Waals surface area contributed by atoms with Gasteiger partial charge in [0.2, 0.25) is 0 Å². The number of hydrogen-bond acceptors (Lipinski definition) is 6. The van der Waals surface area contributed by atoms with E-state index in [1.165, 1.54) is 0 Å². The maximum Gasteiger partial charge on any atom is 0.310 e. The van der Waals surface area contributed by atoms with Crippen molar-refractivity contribution in [3.05, 3.63) is 35.1 Å². The minimum atomic E-state index is -0.472. The number of carbonyl (C=O) groups is 3. The number of esters is 2. The first kappa shape index (κ1) is 20.9. The quantitative estimate of drug-likeness (QED) is 0.692. The Hall–Kier alpha value is -2.83. The van der Waals surface area contributed by atoms with E-state index in [4.69, 9.17) is 13.9 Å². The van der Waals surface area contributed by atoms with Gasteiger partial charge >= 0.3 is 11.9 Å². The minimum absolute atomic E-state index is 0.0493. The molecule has 7 nitrogen and oxygen atoms in total. The Bertz CT molecular complexity index is 907. The van der Waals surface area contributed by atoms with Crippen LogP contribution in [0.15, 0.2) is 22.8 Å². The molecule has 1 amide bonds. The first-order valence-corrected chi connectivity index (χ1v) is 9.96. The zero-order valence-electron chi connectivity index (χ0n) is 17.2. The molecule has 2 heterocycles. The third-order valence-electron chi connectivity index (χ3n) is 5.43. The van der Waals surface area contributed by atoms with E-state index in [2.05, 4.69) is 0 Å². The maximum absolute atomic E-state index is 12.3. The minimum Gasteiger partial charge on any atom is -0.466 e. The number of nitrogens with zero attached hydrogens (tertiary/aromatic N) is 1. The first-order chi connectivity index (χ1) is 13.9. The van der Waals surface area contributed by atoms with E-state index in [-0.39, 0.29) is 30.8 Å². The highest BCUT2D eigenvalue weighted by Gasteiger charge is 2.28. The fourth-order valence-electron chi connectivity index (χ4n) is 3.54. The Morgan fingerprint density at radius 3 is 2.48 bits per heavy atom. The molecule has 1 aromatic carbocycles. The molecule has 29 heavy (non-hydrogen) atoms. The van der Waals surface area contributed by atoms with Gasteiger partial charge in [-0.2, -0.15) is 0 Å². The van der Waals surface area contributed by atoms with Gasteiger partial charge in [-0.3, -0.25) is 14.4 Å². The lowest BCUT2D eigenvalue weighted by Gasteiger charge is -2.30. The first-order valence-electron chi connectivity index (χ1n) is 9.96. The molecule has 1 aliphatic rings. The molecule has 2 aromatic rings. The molecule has 1 saturated heterocycles. The Morgan fingerprint density at radius 1 is 1.10 bits per heavy atom. The van der Waals surface area contributed by atoms with Gasteiger partial charge in [-0.25, -0.2) is 0 Å². The summed E-state index contributed by atoms with van der Waals surface area (Å²) in [5.41, 5.74) is 3.72. The van der Waals surface area contributed by atoms with Gasteiger partial charge in [-0.1, -0.05) is 0 Å². The number of ether oxygens (including phenoxy) is 2. The molecule has 7 heteroatoms. The Balaban J connectivity index is 1.48. The molecular weight excluding hydrogens is 374 g/mol.